The van der Waals surface area contributed by atoms with Crippen LogP contribution >= 0.6 is 0 Å². The van der Waals surface area contributed by atoms with Crippen molar-refractivity contribution < 1.29 is 19.0 Å². The van der Waals surface area contributed by atoms with E-state index < -0.39 is 0 Å². The second-order valence-corrected chi connectivity index (χ2v) is 7.55. The van der Waals surface area contributed by atoms with E-state index in [4.69, 9.17) is 14.2 Å². The molecular formula is C22H27NO4. The first-order chi connectivity index (χ1) is 13.1. The lowest BCUT2D eigenvalue weighted by molar-refractivity contribution is -0.142. The van der Waals surface area contributed by atoms with Gasteiger partial charge in [-0.05, 0) is 48.6 Å². The van der Waals surface area contributed by atoms with Crippen LogP contribution in [0.5, 0.6) is 5.75 Å². The molecule has 0 N–H and O–H groups in total. The summed E-state index contributed by atoms with van der Waals surface area (Å²) >= 11 is 0. The van der Waals surface area contributed by atoms with Crippen molar-refractivity contribution in [1.82, 2.24) is 4.90 Å². The third-order valence-corrected chi connectivity index (χ3v) is 6.28. The fraction of sp³-hybridized carbons (Fsp3) is 0.500. The Kier molecular flexibility index (Phi) is 5.06. The van der Waals surface area contributed by atoms with Crippen molar-refractivity contribution in [2.75, 3.05) is 27.4 Å². The number of carbonyl (C=O) groups is 1. The van der Waals surface area contributed by atoms with Crippen molar-refractivity contribution in [2.45, 2.75) is 43.4 Å². The van der Waals surface area contributed by atoms with Gasteiger partial charge in [0.15, 0.2) is 6.61 Å². The SMILES string of the molecule is CO[C@H]1CC[C@@]2(OC)CCN(C(=O)COc3ccc4ccccc4c3)[C@H]2C1. The van der Waals surface area contributed by atoms with Gasteiger partial charge in [-0.3, -0.25) is 4.79 Å². The molecule has 27 heavy (non-hydrogen) atoms. The van der Waals surface area contributed by atoms with Crippen LogP contribution < -0.4 is 4.74 Å². The summed E-state index contributed by atoms with van der Waals surface area (Å²) in [5, 5.41) is 2.27. The van der Waals surface area contributed by atoms with E-state index in [-0.39, 0.29) is 30.3 Å². The average molecular weight is 369 g/mol. The van der Waals surface area contributed by atoms with Gasteiger partial charge < -0.3 is 19.1 Å². The van der Waals surface area contributed by atoms with Gasteiger partial charge in [0.1, 0.15) is 5.75 Å². The van der Waals surface area contributed by atoms with Crippen LogP contribution in [0.1, 0.15) is 25.7 Å². The van der Waals surface area contributed by atoms with Crippen LogP contribution in [-0.4, -0.2) is 55.9 Å². The van der Waals surface area contributed by atoms with E-state index in [1.165, 1.54) is 0 Å². The molecule has 2 fully saturated rings. The summed E-state index contributed by atoms with van der Waals surface area (Å²) in [7, 11) is 3.51. The van der Waals surface area contributed by atoms with Crippen LogP contribution in [0.25, 0.3) is 10.8 Å². The topological polar surface area (TPSA) is 48.0 Å². The molecule has 2 aromatic carbocycles. The quantitative estimate of drug-likeness (QED) is 0.810. The second kappa shape index (κ2) is 7.49. The molecule has 1 saturated heterocycles. The van der Waals surface area contributed by atoms with Gasteiger partial charge in [0.05, 0.1) is 17.7 Å². The van der Waals surface area contributed by atoms with E-state index in [2.05, 4.69) is 6.07 Å². The van der Waals surface area contributed by atoms with Crippen LogP contribution in [0.4, 0.5) is 0 Å². The van der Waals surface area contributed by atoms with Crippen molar-refractivity contribution in [2.24, 2.45) is 0 Å². The Bertz CT molecular complexity index is 823. The van der Waals surface area contributed by atoms with Gasteiger partial charge in [-0.1, -0.05) is 30.3 Å². The number of rotatable bonds is 5. The van der Waals surface area contributed by atoms with Crippen molar-refractivity contribution in [1.29, 1.82) is 0 Å². The van der Waals surface area contributed by atoms with E-state index in [9.17, 15) is 4.79 Å². The zero-order valence-corrected chi connectivity index (χ0v) is 16.0. The van der Waals surface area contributed by atoms with Gasteiger partial charge in [-0.15, -0.1) is 0 Å². The number of ether oxygens (including phenoxy) is 3. The van der Waals surface area contributed by atoms with E-state index in [0.717, 1.165) is 48.8 Å². The lowest BCUT2D eigenvalue weighted by atomic mass is 9.79. The summed E-state index contributed by atoms with van der Waals surface area (Å²) in [6, 6.07) is 14.1. The van der Waals surface area contributed by atoms with Crippen molar-refractivity contribution >= 4 is 16.7 Å². The van der Waals surface area contributed by atoms with E-state index in [1.54, 1.807) is 14.2 Å². The molecule has 5 heteroatoms. The first kappa shape index (κ1) is 18.3. The lowest BCUT2D eigenvalue weighted by Gasteiger charge is -2.43. The molecule has 0 spiro atoms. The minimum absolute atomic E-state index is 0.0174. The lowest BCUT2D eigenvalue weighted by Crippen LogP contribution is -2.53. The Labute approximate surface area is 160 Å². The Hall–Kier alpha value is -2.11. The summed E-state index contributed by atoms with van der Waals surface area (Å²) in [4.78, 5) is 14.8. The van der Waals surface area contributed by atoms with Gasteiger partial charge in [-0.2, -0.15) is 0 Å². The van der Waals surface area contributed by atoms with Crippen molar-refractivity contribution in [3.8, 4) is 5.75 Å². The van der Waals surface area contributed by atoms with Gasteiger partial charge in [0.25, 0.3) is 5.91 Å². The molecule has 0 radical (unpaired) electrons. The van der Waals surface area contributed by atoms with Crippen molar-refractivity contribution in [3.63, 3.8) is 0 Å². The highest BCUT2D eigenvalue weighted by atomic mass is 16.5. The van der Waals surface area contributed by atoms with Crippen LogP contribution in [0.2, 0.25) is 0 Å². The van der Waals surface area contributed by atoms with E-state index >= 15 is 0 Å². The number of fused-ring (bicyclic) bond motifs is 2. The Morgan fingerprint density at radius 2 is 1.96 bits per heavy atom. The fourth-order valence-electron chi connectivity index (χ4n) is 4.66. The van der Waals surface area contributed by atoms with Gasteiger partial charge in [-0.25, -0.2) is 0 Å². The summed E-state index contributed by atoms with van der Waals surface area (Å²) in [5.41, 5.74) is -0.229. The molecule has 1 heterocycles. The molecule has 2 aliphatic rings. The average Bonchev–Trinajstić information content (AvgIpc) is 3.11. The molecule has 4 rings (SSSR count). The zero-order chi connectivity index (χ0) is 18.9. The molecular weight excluding hydrogens is 342 g/mol. The maximum atomic E-state index is 12.9. The molecule has 1 saturated carbocycles. The van der Waals surface area contributed by atoms with Gasteiger partial charge in [0.2, 0.25) is 0 Å². The summed E-state index contributed by atoms with van der Waals surface area (Å²) < 4.78 is 17.3. The number of amides is 1. The number of hydrogen-bond acceptors (Lipinski definition) is 4. The first-order valence-corrected chi connectivity index (χ1v) is 9.64. The van der Waals surface area contributed by atoms with Gasteiger partial charge >= 0.3 is 0 Å². The molecule has 1 aliphatic heterocycles. The maximum absolute atomic E-state index is 12.9. The maximum Gasteiger partial charge on any atom is 0.260 e. The predicted octanol–water partition coefficient (Wildman–Crippen LogP) is 3.40. The fourth-order valence-corrected chi connectivity index (χ4v) is 4.66. The standard InChI is InChI=1S/C22H27NO4/c1-25-18-9-10-22(26-2)11-12-23(20(22)14-18)21(24)15-27-19-8-7-16-5-3-4-6-17(16)13-19/h3-8,13,18,20H,9-12,14-15H2,1-2H3/t18-,20-,22+/m0/s1. The summed E-state index contributed by atoms with van der Waals surface area (Å²) in [6.07, 6.45) is 3.81. The molecule has 3 atom stereocenters. The minimum Gasteiger partial charge on any atom is -0.484 e. The molecule has 1 amide bonds. The van der Waals surface area contributed by atoms with E-state index in [1.807, 2.05) is 41.3 Å². The third-order valence-electron chi connectivity index (χ3n) is 6.28. The smallest absolute Gasteiger partial charge is 0.260 e. The number of methoxy groups -OCH3 is 2. The molecule has 0 aromatic heterocycles. The predicted molar refractivity (Wildman–Crippen MR) is 104 cm³/mol. The normalized spacial score (nSPS) is 27.6. The molecule has 1 aliphatic carbocycles. The van der Waals surface area contributed by atoms with Gasteiger partial charge in [0, 0.05) is 20.8 Å². The Morgan fingerprint density at radius 1 is 1.15 bits per heavy atom. The molecule has 0 unspecified atom stereocenters. The monoisotopic (exact) mass is 369 g/mol. The zero-order valence-electron chi connectivity index (χ0n) is 16.0. The van der Waals surface area contributed by atoms with Crippen LogP contribution in [-0.2, 0) is 14.3 Å². The molecule has 0 bridgehead atoms. The number of hydrogen-bond donors (Lipinski definition) is 0. The highest BCUT2D eigenvalue weighted by Gasteiger charge is 2.52. The highest BCUT2D eigenvalue weighted by molar-refractivity contribution is 5.84. The molecule has 2 aromatic rings. The minimum atomic E-state index is -0.229. The second-order valence-electron chi connectivity index (χ2n) is 7.55. The first-order valence-electron chi connectivity index (χ1n) is 9.64. The number of nitrogens with zero attached hydrogens (tertiary/aromatic N) is 1. The molecule has 5 nitrogen and oxygen atoms in total. The van der Waals surface area contributed by atoms with Crippen LogP contribution in [0, 0.1) is 0 Å². The highest BCUT2D eigenvalue weighted by Crippen LogP contribution is 2.43. The third kappa shape index (κ3) is 3.42. The van der Waals surface area contributed by atoms with Crippen LogP contribution in [0.15, 0.2) is 42.5 Å². The molecule has 144 valence electrons. The van der Waals surface area contributed by atoms with Crippen molar-refractivity contribution in [3.05, 3.63) is 42.5 Å². The number of likely N-dealkylation sites (tertiary alicyclic amines) is 1. The Morgan fingerprint density at radius 3 is 2.74 bits per heavy atom. The van der Waals surface area contributed by atoms with Crippen LogP contribution in [0.3, 0.4) is 0 Å². The number of carbonyl (C=O) groups excluding carboxylic acids is 1. The Balaban J connectivity index is 1.44. The summed E-state index contributed by atoms with van der Waals surface area (Å²) in [6.45, 7) is 0.765. The number of benzene rings is 2. The summed E-state index contributed by atoms with van der Waals surface area (Å²) in [5.74, 6) is 0.738. The van der Waals surface area contributed by atoms with E-state index in [0.29, 0.717) is 0 Å². The largest absolute Gasteiger partial charge is 0.484 e.